The van der Waals surface area contributed by atoms with E-state index in [2.05, 4.69) is 34.1 Å². The van der Waals surface area contributed by atoms with E-state index >= 15 is 0 Å². The molecular formula is C17H26N2O2. The van der Waals surface area contributed by atoms with E-state index in [-0.39, 0.29) is 5.97 Å². The summed E-state index contributed by atoms with van der Waals surface area (Å²) in [6, 6.07) is 10.5. The Morgan fingerprint density at radius 2 is 1.62 bits per heavy atom. The van der Waals surface area contributed by atoms with Gasteiger partial charge >= 0.3 is 5.97 Å². The normalized spacial score (nSPS) is 17.7. The summed E-state index contributed by atoms with van der Waals surface area (Å²) in [5.41, 5.74) is 0.949. The first-order valence-corrected chi connectivity index (χ1v) is 7.63. The first kappa shape index (κ1) is 16.0. The molecule has 1 aliphatic heterocycles. The molecular weight excluding hydrogens is 264 g/mol. The number of benzene rings is 1. The molecule has 1 aliphatic rings. The van der Waals surface area contributed by atoms with E-state index in [1.54, 1.807) is 0 Å². The number of hydrogen-bond acceptors (Lipinski definition) is 4. The molecule has 0 bridgehead atoms. The van der Waals surface area contributed by atoms with E-state index in [0.29, 0.717) is 6.54 Å². The van der Waals surface area contributed by atoms with Crippen LogP contribution in [-0.2, 0) is 16.1 Å². The molecule has 0 atom stereocenters. The van der Waals surface area contributed by atoms with Crippen LogP contribution in [0.3, 0.4) is 0 Å². The number of nitrogens with zero attached hydrogens (tertiary/aromatic N) is 2. The number of carbonyl (C=O) groups excluding carboxylic acids is 1. The maximum Gasteiger partial charge on any atom is 0.320 e. The maximum absolute atomic E-state index is 11.8. The fourth-order valence-electron chi connectivity index (χ4n) is 2.50. The third-order valence-electron chi connectivity index (χ3n) is 3.49. The molecule has 0 spiro atoms. The van der Waals surface area contributed by atoms with Crippen molar-refractivity contribution in [2.75, 3.05) is 32.7 Å². The summed E-state index contributed by atoms with van der Waals surface area (Å²) in [6.07, 6.45) is 0. The summed E-state index contributed by atoms with van der Waals surface area (Å²) in [5.74, 6) is -0.126. The van der Waals surface area contributed by atoms with Crippen molar-refractivity contribution in [3.63, 3.8) is 0 Å². The fraction of sp³-hybridized carbons (Fsp3) is 0.588. The van der Waals surface area contributed by atoms with Crippen molar-refractivity contribution in [2.24, 2.45) is 0 Å². The fourth-order valence-corrected chi connectivity index (χ4v) is 2.50. The van der Waals surface area contributed by atoms with Gasteiger partial charge < -0.3 is 4.74 Å². The number of hydrogen-bond donors (Lipinski definition) is 0. The molecule has 4 nitrogen and oxygen atoms in total. The zero-order valence-corrected chi connectivity index (χ0v) is 13.3. The van der Waals surface area contributed by atoms with Crippen molar-refractivity contribution < 1.29 is 9.53 Å². The van der Waals surface area contributed by atoms with Gasteiger partial charge in [0, 0.05) is 32.7 Å². The highest BCUT2D eigenvalue weighted by Crippen LogP contribution is 2.10. The monoisotopic (exact) mass is 290 g/mol. The molecule has 1 heterocycles. The number of ether oxygens (including phenoxy) is 1. The SMILES string of the molecule is CC(C)(C)OC(=O)CN1CCN(Cc2ccccc2)CC1. The van der Waals surface area contributed by atoms with Crippen LogP contribution in [0.4, 0.5) is 0 Å². The highest BCUT2D eigenvalue weighted by Gasteiger charge is 2.22. The van der Waals surface area contributed by atoms with Crippen molar-refractivity contribution >= 4 is 5.97 Å². The molecule has 1 aromatic carbocycles. The van der Waals surface area contributed by atoms with Crippen molar-refractivity contribution in [1.82, 2.24) is 9.80 Å². The lowest BCUT2D eigenvalue weighted by atomic mass is 10.2. The second-order valence-electron chi connectivity index (χ2n) is 6.62. The molecule has 21 heavy (non-hydrogen) atoms. The average Bonchev–Trinajstić information content (AvgIpc) is 2.40. The lowest BCUT2D eigenvalue weighted by Crippen LogP contribution is -2.48. The molecule has 1 saturated heterocycles. The van der Waals surface area contributed by atoms with Crippen molar-refractivity contribution in [2.45, 2.75) is 32.9 Å². The highest BCUT2D eigenvalue weighted by molar-refractivity contribution is 5.72. The van der Waals surface area contributed by atoms with Crippen LogP contribution in [0.25, 0.3) is 0 Å². The second kappa shape index (κ2) is 7.05. The minimum absolute atomic E-state index is 0.126. The predicted octanol–water partition coefficient (Wildman–Crippen LogP) is 2.15. The van der Waals surface area contributed by atoms with E-state index in [1.807, 2.05) is 26.8 Å². The minimum atomic E-state index is -0.397. The van der Waals surface area contributed by atoms with Crippen LogP contribution < -0.4 is 0 Å². The number of rotatable bonds is 4. The molecule has 0 N–H and O–H groups in total. The van der Waals surface area contributed by atoms with Crippen molar-refractivity contribution in [3.8, 4) is 0 Å². The Morgan fingerprint density at radius 1 is 1.05 bits per heavy atom. The van der Waals surface area contributed by atoms with Crippen molar-refractivity contribution in [1.29, 1.82) is 0 Å². The van der Waals surface area contributed by atoms with Gasteiger partial charge in [-0.1, -0.05) is 30.3 Å². The summed E-state index contributed by atoms with van der Waals surface area (Å²) in [7, 11) is 0. The number of piperazine rings is 1. The Bertz CT molecular complexity index is 446. The summed E-state index contributed by atoms with van der Waals surface area (Å²) < 4.78 is 5.37. The zero-order chi connectivity index (χ0) is 15.3. The summed E-state index contributed by atoms with van der Waals surface area (Å²) in [5, 5.41) is 0. The van der Waals surface area contributed by atoms with Crippen LogP contribution in [0.1, 0.15) is 26.3 Å². The molecule has 0 unspecified atom stereocenters. The molecule has 0 amide bonds. The van der Waals surface area contributed by atoms with Gasteiger partial charge in [0.1, 0.15) is 5.60 Å². The maximum atomic E-state index is 11.8. The molecule has 1 fully saturated rings. The Balaban J connectivity index is 1.72. The topological polar surface area (TPSA) is 32.8 Å². The van der Waals surface area contributed by atoms with E-state index < -0.39 is 5.60 Å². The van der Waals surface area contributed by atoms with Gasteiger partial charge in [0.25, 0.3) is 0 Å². The van der Waals surface area contributed by atoms with E-state index in [9.17, 15) is 4.79 Å². The van der Waals surface area contributed by atoms with Crippen LogP contribution in [0, 0.1) is 0 Å². The molecule has 0 saturated carbocycles. The molecule has 116 valence electrons. The quantitative estimate of drug-likeness (QED) is 0.796. The van der Waals surface area contributed by atoms with Gasteiger partial charge in [0.15, 0.2) is 0 Å². The standard InChI is InChI=1S/C17H26N2O2/c1-17(2,3)21-16(20)14-19-11-9-18(10-12-19)13-15-7-5-4-6-8-15/h4-8H,9-14H2,1-3H3. The summed E-state index contributed by atoms with van der Waals surface area (Å²) >= 11 is 0. The van der Waals surface area contributed by atoms with Gasteiger partial charge in [-0.3, -0.25) is 14.6 Å². The largest absolute Gasteiger partial charge is 0.459 e. The van der Waals surface area contributed by atoms with Gasteiger partial charge in [-0.25, -0.2) is 0 Å². The van der Waals surface area contributed by atoms with Crippen LogP contribution in [0.5, 0.6) is 0 Å². The molecule has 0 radical (unpaired) electrons. The molecule has 1 aromatic rings. The number of carbonyl (C=O) groups is 1. The van der Waals surface area contributed by atoms with Crippen molar-refractivity contribution in [3.05, 3.63) is 35.9 Å². The Kier molecular flexibility index (Phi) is 5.37. The minimum Gasteiger partial charge on any atom is -0.459 e. The summed E-state index contributed by atoms with van der Waals surface area (Å²) in [4.78, 5) is 16.4. The first-order chi connectivity index (χ1) is 9.92. The van der Waals surface area contributed by atoms with Gasteiger partial charge in [0.2, 0.25) is 0 Å². The summed E-state index contributed by atoms with van der Waals surface area (Å²) in [6.45, 7) is 10.9. The van der Waals surface area contributed by atoms with Crippen LogP contribution in [-0.4, -0.2) is 54.1 Å². The third kappa shape index (κ3) is 5.86. The predicted molar refractivity (Wildman–Crippen MR) is 84.0 cm³/mol. The van der Waals surface area contributed by atoms with Crippen LogP contribution in [0.15, 0.2) is 30.3 Å². The van der Waals surface area contributed by atoms with Gasteiger partial charge in [0.05, 0.1) is 6.54 Å². The third-order valence-corrected chi connectivity index (χ3v) is 3.49. The highest BCUT2D eigenvalue weighted by atomic mass is 16.6. The Morgan fingerprint density at radius 3 is 2.19 bits per heavy atom. The Labute approximate surface area is 127 Å². The van der Waals surface area contributed by atoms with Crippen LogP contribution in [0.2, 0.25) is 0 Å². The van der Waals surface area contributed by atoms with E-state index in [4.69, 9.17) is 4.74 Å². The second-order valence-corrected chi connectivity index (χ2v) is 6.62. The molecule has 0 aromatic heterocycles. The lowest BCUT2D eigenvalue weighted by molar-refractivity contribution is -0.156. The van der Waals surface area contributed by atoms with Crippen LogP contribution >= 0.6 is 0 Å². The first-order valence-electron chi connectivity index (χ1n) is 7.63. The van der Waals surface area contributed by atoms with Gasteiger partial charge in [-0.2, -0.15) is 0 Å². The lowest BCUT2D eigenvalue weighted by Gasteiger charge is -2.34. The number of esters is 1. The zero-order valence-electron chi connectivity index (χ0n) is 13.3. The van der Waals surface area contributed by atoms with E-state index in [0.717, 1.165) is 32.7 Å². The van der Waals surface area contributed by atoms with Gasteiger partial charge in [-0.05, 0) is 26.3 Å². The molecule has 2 rings (SSSR count). The van der Waals surface area contributed by atoms with E-state index in [1.165, 1.54) is 5.56 Å². The Hall–Kier alpha value is -1.39. The van der Waals surface area contributed by atoms with Gasteiger partial charge in [-0.15, -0.1) is 0 Å². The molecule has 4 heteroatoms. The molecule has 0 aliphatic carbocycles. The average molecular weight is 290 g/mol. The smallest absolute Gasteiger partial charge is 0.320 e.